The summed E-state index contributed by atoms with van der Waals surface area (Å²) >= 11 is 3.53. The van der Waals surface area contributed by atoms with Gasteiger partial charge >= 0.3 is 0 Å². The Hall–Kier alpha value is -0.540. The summed E-state index contributed by atoms with van der Waals surface area (Å²) in [5, 5.41) is 3.77. The van der Waals surface area contributed by atoms with Crippen molar-refractivity contribution in [1.82, 2.24) is 4.90 Å². The third-order valence-corrected chi connectivity index (χ3v) is 4.88. The van der Waals surface area contributed by atoms with Gasteiger partial charge in [-0.05, 0) is 56.5 Å². The van der Waals surface area contributed by atoms with Gasteiger partial charge < -0.3 is 5.32 Å². The molecule has 3 rings (SSSR count). The zero-order chi connectivity index (χ0) is 12.5. The predicted octanol–water partition coefficient (Wildman–Crippen LogP) is 3.80. The average molecular weight is 309 g/mol. The fourth-order valence-electron chi connectivity index (χ4n) is 3.40. The summed E-state index contributed by atoms with van der Waals surface area (Å²) in [6, 6.07) is 7.93. The molecule has 1 aromatic carbocycles. The van der Waals surface area contributed by atoms with Gasteiger partial charge in [0.25, 0.3) is 0 Å². The maximum absolute atomic E-state index is 3.77. The first-order chi connectivity index (χ1) is 8.74. The summed E-state index contributed by atoms with van der Waals surface area (Å²) < 4.78 is 1.16. The van der Waals surface area contributed by atoms with Gasteiger partial charge in [0.05, 0.1) is 0 Å². The number of benzene rings is 1. The van der Waals surface area contributed by atoms with Gasteiger partial charge in [-0.2, -0.15) is 0 Å². The van der Waals surface area contributed by atoms with Gasteiger partial charge in [0, 0.05) is 28.8 Å². The second-order valence-electron chi connectivity index (χ2n) is 5.60. The quantitative estimate of drug-likeness (QED) is 0.894. The molecule has 2 nitrogen and oxygen atoms in total. The van der Waals surface area contributed by atoms with Crippen LogP contribution >= 0.6 is 15.9 Å². The Morgan fingerprint density at radius 3 is 2.94 bits per heavy atom. The molecule has 0 amide bonds. The van der Waals surface area contributed by atoms with Gasteiger partial charge in [-0.3, -0.25) is 4.90 Å². The molecule has 2 saturated heterocycles. The van der Waals surface area contributed by atoms with E-state index in [1.165, 1.54) is 50.0 Å². The molecule has 0 bridgehead atoms. The molecule has 1 aromatic rings. The molecule has 3 heteroatoms. The highest BCUT2D eigenvalue weighted by Crippen LogP contribution is 2.30. The minimum atomic E-state index is 0.644. The number of aryl methyl sites for hydroxylation is 1. The van der Waals surface area contributed by atoms with Crippen molar-refractivity contribution in [2.24, 2.45) is 0 Å². The number of hydrogen-bond donors (Lipinski definition) is 1. The van der Waals surface area contributed by atoms with Crippen LogP contribution in [0.2, 0.25) is 0 Å². The Morgan fingerprint density at radius 1 is 1.22 bits per heavy atom. The first kappa shape index (κ1) is 12.5. The minimum absolute atomic E-state index is 0.644. The fraction of sp³-hybridized carbons (Fsp3) is 0.600. The summed E-state index contributed by atoms with van der Waals surface area (Å²) in [5.41, 5.74) is 2.63. The lowest BCUT2D eigenvalue weighted by Gasteiger charge is -2.33. The number of fused-ring (bicyclic) bond motifs is 1. The Balaban J connectivity index is 1.72. The molecule has 0 spiro atoms. The standard InChI is InChI=1S/C15H21BrN2/c1-11-10-12(16)5-6-13(11)17-14-7-9-18-8-3-2-4-15(14)18/h5-6,10,14-15,17H,2-4,7-9H2,1H3. The maximum atomic E-state index is 3.77. The van der Waals surface area contributed by atoms with E-state index in [2.05, 4.69) is 51.3 Å². The van der Waals surface area contributed by atoms with Gasteiger partial charge in [0.1, 0.15) is 0 Å². The summed E-state index contributed by atoms with van der Waals surface area (Å²) in [5.74, 6) is 0. The van der Waals surface area contributed by atoms with Crippen molar-refractivity contribution in [1.29, 1.82) is 0 Å². The van der Waals surface area contributed by atoms with Crippen molar-refractivity contribution in [3.63, 3.8) is 0 Å². The maximum Gasteiger partial charge on any atom is 0.0429 e. The van der Waals surface area contributed by atoms with E-state index in [1.807, 2.05) is 0 Å². The fourth-order valence-corrected chi connectivity index (χ4v) is 3.88. The highest BCUT2D eigenvalue weighted by molar-refractivity contribution is 9.10. The predicted molar refractivity (Wildman–Crippen MR) is 80.1 cm³/mol. The molecule has 2 heterocycles. The molecular formula is C15H21BrN2. The third kappa shape index (κ3) is 2.43. The van der Waals surface area contributed by atoms with Crippen LogP contribution in [-0.2, 0) is 0 Å². The molecule has 98 valence electrons. The molecule has 2 fully saturated rings. The van der Waals surface area contributed by atoms with Crippen molar-refractivity contribution >= 4 is 21.6 Å². The van der Waals surface area contributed by atoms with Crippen LogP contribution in [0.25, 0.3) is 0 Å². The Bertz CT molecular complexity index is 433. The van der Waals surface area contributed by atoms with E-state index in [-0.39, 0.29) is 0 Å². The number of rotatable bonds is 2. The molecule has 2 aliphatic rings. The molecule has 0 radical (unpaired) electrons. The van der Waals surface area contributed by atoms with Crippen LogP contribution in [-0.4, -0.2) is 30.1 Å². The Kier molecular flexibility index (Phi) is 3.62. The van der Waals surface area contributed by atoms with Crippen molar-refractivity contribution in [3.8, 4) is 0 Å². The zero-order valence-corrected chi connectivity index (χ0v) is 12.5. The minimum Gasteiger partial charge on any atom is -0.380 e. The van der Waals surface area contributed by atoms with Crippen LogP contribution in [0.4, 0.5) is 5.69 Å². The summed E-state index contributed by atoms with van der Waals surface area (Å²) in [6.45, 7) is 4.76. The van der Waals surface area contributed by atoms with Crippen LogP contribution in [0.1, 0.15) is 31.2 Å². The second-order valence-corrected chi connectivity index (χ2v) is 6.51. The number of piperidine rings is 1. The van der Waals surface area contributed by atoms with E-state index in [4.69, 9.17) is 0 Å². The van der Waals surface area contributed by atoms with E-state index >= 15 is 0 Å². The van der Waals surface area contributed by atoms with Crippen molar-refractivity contribution in [2.45, 2.75) is 44.7 Å². The van der Waals surface area contributed by atoms with E-state index in [9.17, 15) is 0 Å². The van der Waals surface area contributed by atoms with Crippen LogP contribution in [0.5, 0.6) is 0 Å². The molecule has 1 N–H and O–H groups in total. The highest BCUT2D eigenvalue weighted by Gasteiger charge is 2.35. The molecule has 2 atom stereocenters. The van der Waals surface area contributed by atoms with Crippen molar-refractivity contribution < 1.29 is 0 Å². The number of anilines is 1. The van der Waals surface area contributed by atoms with E-state index in [0.29, 0.717) is 6.04 Å². The van der Waals surface area contributed by atoms with Gasteiger partial charge in [-0.1, -0.05) is 22.4 Å². The molecule has 2 unspecified atom stereocenters. The number of nitrogens with zero attached hydrogens (tertiary/aromatic N) is 1. The molecule has 18 heavy (non-hydrogen) atoms. The van der Waals surface area contributed by atoms with Gasteiger partial charge in [0.2, 0.25) is 0 Å². The molecular weight excluding hydrogens is 288 g/mol. The van der Waals surface area contributed by atoms with Crippen molar-refractivity contribution in [3.05, 3.63) is 28.2 Å². The molecule has 0 saturated carbocycles. The smallest absolute Gasteiger partial charge is 0.0429 e. The second kappa shape index (κ2) is 5.22. The summed E-state index contributed by atoms with van der Waals surface area (Å²) in [6.07, 6.45) is 5.45. The van der Waals surface area contributed by atoms with Crippen LogP contribution in [0.15, 0.2) is 22.7 Å². The zero-order valence-electron chi connectivity index (χ0n) is 11.0. The van der Waals surface area contributed by atoms with Crippen molar-refractivity contribution in [2.75, 3.05) is 18.4 Å². The molecule has 0 aromatic heterocycles. The Morgan fingerprint density at radius 2 is 2.11 bits per heavy atom. The lowest BCUT2D eigenvalue weighted by atomic mass is 9.98. The SMILES string of the molecule is Cc1cc(Br)ccc1NC1CCN2CCCCC12. The topological polar surface area (TPSA) is 15.3 Å². The van der Waals surface area contributed by atoms with E-state index < -0.39 is 0 Å². The highest BCUT2D eigenvalue weighted by atomic mass is 79.9. The van der Waals surface area contributed by atoms with Gasteiger partial charge in [0.15, 0.2) is 0 Å². The third-order valence-electron chi connectivity index (χ3n) is 4.39. The first-order valence-electron chi connectivity index (χ1n) is 7.01. The Labute approximate surface area is 118 Å². The van der Waals surface area contributed by atoms with E-state index in [1.54, 1.807) is 0 Å². The van der Waals surface area contributed by atoms with Crippen LogP contribution in [0, 0.1) is 6.92 Å². The normalized spacial score (nSPS) is 28.1. The first-order valence-corrected chi connectivity index (χ1v) is 7.80. The van der Waals surface area contributed by atoms with Gasteiger partial charge in [-0.25, -0.2) is 0 Å². The summed E-state index contributed by atoms with van der Waals surface area (Å²) in [7, 11) is 0. The molecule has 2 aliphatic heterocycles. The lowest BCUT2D eigenvalue weighted by Crippen LogP contribution is -2.41. The van der Waals surface area contributed by atoms with Crippen LogP contribution in [0.3, 0.4) is 0 Å². The lowest BCUT2D eigenvalue weighted by molar-refractivity contribution is 0.193. The van der Waals surface area contributed by atoms with Gasteiger partial charge in [-0.15, -0.1) is 0 Å². The average Bonchev–Trinajstić information content (AvgIpc) is 2.76. The number of halogens is 1. The number of nitrogens with one attached hydrogen (secondary N) is 1. The van der Waals surface area contributed by atoms with Crippen LogP contribution < -0.4 is 5.32 Å². The van der Waals surface area contributed by atoms with E-state index in [0.717, 1.165) is 10.5 Å². The monoisotopic (exact) mass is 308 g/mol. The number of hydrogen-bond acceptors (Lipinski definition) is 2. The summed E-state index contributed by atoms with van der Waals surface area (Å²) in [4.78, 5) is 2.68. The largest absolute Gasteiger partial charge is 0.380 e. The molecule has 0 aliphatic carbocycles.